The Morgan fingerprint density at radius 3 is 1.91 bits per heavy atom. The number of hydrogen-bond acceptors (Lipinski definition) is 9. The molecule has 2 heterocycles. The Morgan fingerprint density at radius 2 is 1.28 bits per heavy atom. The number of ether oxygens (including phenoxy) is 2. The summed E-state index contributed by atoms with van der Waals surface area (Å²) in [5.74, 6) is 1.59. The fraction of sp³-hybridized carbons (Fsp3) is 0.121. The third-order valence-electron chi connectivity index (χ3n) is 6.88. The van der Waals surface area contributed by atoms with Crippen LogP contribution in [-0.2, 0) is 7.05 Å². The molecule has 8 nitrogen and oxygen atoms in total. The van der Waals surface area contributed by atoms with Crippen molar-refractivity contribution in [3.63, 3.8) is 0 Å². The molecule has 0 saturated carbocycles. The summed E-state index contributed by atoms with van der Waals surface area (Å²) >= 11 is 3.44. The molecule has 1 aliphatic heterocycles. The topological polar surface area (TPSA) is 75.0 Å². The molecule has 0 fully saturated rings. The third-order valence-corrected chi connectivity index (χ3v) is 9.22. The molecule has 0 unspecified atom stereocenters. The van der Waals surface area contributed by atoms with E-state index < -0.39 is 0 Å². The molecule has 6 rings (SSSR count). The van der Waals surface area contributed by atoms with Crippen molar-refractivity contribution in [3.8, 4) is 11.5 Å². The van der Waals surface area contributed by atoms with E-state index in [4.69, 9.17) is 9.47 Å². The molecule has 5 aromatic rings. The van der Waals surface area contributed by atoms with Crippen molar-refractivity contribution in [1.29, 1.82) is 0 Å². The number of benzene rings is 4. The van der Waals surface area contributed by atoms with Gasteiger partial charge in [0, 0.05) is 24.1 Å². The predicted molar refractivity (Wildman–Crippen MR) is 175 cm³/mol. The number of thiazole rings is 1. The molecule has 0 aliphatic carbocycles. The highest BCUT2D eigenvalue weighted by molar-refractivity contribution is 8.03. The molecule has 0 N–H and O–H groups in total. The number of rotatable bonds is 8. The first kappa shape index (κ1) is 28.3. The number of anilines is 1. The van der Waals surface area contributed by atoms with Gasteiger partial charge in [0.15, 0.2) is 0 Å². The van der Waals surface area contributed by atoms with Crippen molar-refractivity contribution in [2.75, 3.05) is 26.2 Å². The Kier molecular flexibility index (Phi) is 8.30. The first-order chi connectivity index (χ1) is 21.0. The second kappa shape index (κ2) is 12.6. The molecule has 1 aliphatic rings. The number of aromatic nitrogens is 1. The van der Waals surface area contributed by atoms with Gasteiger partial charge in [0.1, 0.15) is 23.2 Å². The van der Waals surface area contributed by atoms with Crippen LogP contribution in [0.1, 0.15) is 5.01 Å². The van der Waals surface area contributed by atoms with Crippen LogP contribution in [0.3, 0.4) is 0 Å². The summed E-state index contributed by atoms with van der Waals surface area (Å²) in [6, 6.07) is 27.3. The molecule has 214 valence electrons. The smallest absolute Gasteiger partial charge is 0.262 e. The molecule has 10 heteroatoms. The van der Waals surface area contributed by atoms with E-state index in [1.807, 2.05) is 60.7 Å². The monoisotopic (exact) mass is 605 g/mol. The number of fused-ring (bicyclic) bond motifs is 2. The lowest BCUT2D eigenvalue weighted by molar-refractivity contribution is -0.642. The molecule has 1 aromatic heterocycles. The zero-order valence-electron chi connectivity index (χ0n) is 24.1. The quantitative estimate of drug-likeness (QED) is 0.130. The number of nitrogens with zero attached hydrogens (tertiary/aromatic N) is 6. The van der Waals surface area contributed by atoms with Crippen molar-refractivity contribution >= 4 is 67.8 Å². The molecular weight excluding hydrogens is 577 g/mol. The Hall–Kier alpha value is -4.80. The lowest BCUT2D eigenvalue weighted by atomic mass is 10.2. The lowest BCUT2D eigenvalue weighted by Crippen LogP contribution is -2.28. The van der Waals surface area contributed by atoms with Gasteiger partial charge in [-0.3, -0.25) is 0 Å². The lowest BCUT2D eigenvalue weighted by Gasteiger charge is -2.12. The van der Waals surface area contributed by atoms with Gasteiger partial charge in [-0.25, -0.2) is 0 Å². The van der Waals surface area contributed by atoms with E-state index in [2.05, 4.69) is 86.5 Å². The molecular formula is C33H29N6O2S2+. The maximum Gasteiger partial charge on any atom is 0.262 e. The number of aryl methyl sites for hydroxylation is 1. The first-order valence-corrected chi connectivity index (χ1v) is 15.1. The standard InChI is InChI=1S/C33H29N6O2S2/c1-38-28-18-12-24(36-34-22-8-14-26(40-3)15-9-22)20-30(28)42-32(38)6-5-7-33-39(2)29-19-13-25(21-31(29)43-33)37-35-23-10-16-27(41-4)17-11-23/h5-21H,1-4H3/q+1. The van der Waals surface area contributed by atoms with Crippen molar-refractivity contribution in [2.24, 2.45) is 27.5 Å². The summed E-state index contributed by atoms with van der Waals surface area (Å²) in [6.45, 7) is 0. The van der Waals surface area contributed by atoms with Crippen molar-refractivity contribution in [1.82, 2.24) is 0 Å². The van der Waals surface area contributed by atoms with Gasteiger partial charge in [-0.2, -0.15) is 25.0 Å². The third kappa shape index (κ3) is 6.35. The van der Waals surface area contributed by atoms with Crippen molar-refractivity contribution in [3.05, 3.63) is 107 Å². The highest BCUT2D eigenvalue weighted by Gasteiger charge is 2.22. The number of hydrogen-bond donors (Lipinski definition) is 0. The predicted octanol–water partition coefficient (Wildman–Crippen LogP) is 9.67. The normalized spacial score (nSPS) is 14.1. The highest BCUT2D eigenvalue weighted by Crippen LogP contribution is 2.46. The molecule has 0 saturated heterocycles. The largest absolute Gasteiger partial charge is 0.497 e. The van der Waals surface area contributed by atoms with E-state index in [-0.39, 0.29) is 0 Å². The fourth-order valence-electron chi connectivity index (χ4n) is 4.48. The average molecular weight is 606 g/mol. The van der Waals surface area contributed by atoms with E-state index in [1.165, 1.54) is 0 Å². The Labute approximate surface area is 258 Å². The molecule has 0 radical (unpaired) electrons. The minimum absolute atomic E-state index is 0.778. The van der Waals surface area contributed by atoms with Crippen LogP contribution >= 0.6 is 23.1 Å². The van der Waals surface area contributed by atoms with Gasteiger partial charge in [-0.15, -0.1) is 0 Å². The number of allylic oxidation sites excluding steroid dienone is 2. The number of azo groups is 2. The average Bonchev–Trinajstić information content (AvgIpc) is 3.53. The minimum Gasteiger partial charge on any atom is -0.497 e. The summed E-state index contributed by atoms with van der Waals surface area (Å²) < 4.78 is 13.8. The van der Waals surface area contributed by atoms with E-state index in [0.717, 1.165) is 65.1 Å². The minimum atomic E-state index is 0.778. The van der Waals surface area contributed by atoms with Gasteiger partial charge in [0.05, 0.1) is 47.7 Å². The zero-order chi connectivity index (χ0) is 29.8. The number of methoxy groups -OCH3 is 2. The second-order valence-electron chi connectivity index (χ2n) is 9.62. The van der Waals surface area contributed by atoms with Gasteiger partial charge >= 0.3 is 0 Å². The first-order valence-electron chi connectivity index (χ1n) is 13.5. The van der Waals surface area contributed by atoms with Crippen LogP contribution in [-0.4, -0.2) is 21.3 Å². The van der Waals surface area contributed by atoms with E-state index in [9.17, 15) is 0 Å². The zero-order valence-corrected chi connectivity index (χ0v) is 25.8. The summed E-state index contributed by atoms with van der Waals surface area (Å²) in [7, 11) is 7.46. The maximum absolute atomic E-state index is 5.21. The summed E-state index contributed by atoms with van der Waals surface area (Å²) in [5, 5.41) is 19.9. The molecule has 0 spiro atoms. The molecule has 0 atom stereocenters. The molecule has 0 amide bonds. The van der Waals surface area contributed by atoms with Crippen molar-refractivity contribution in [2.45, 2.75) is 4.90 Å². The molecule has 0 bridgehead atoms. The van der Waals surface area contributed by atoms with Crippen LogP contribution < -0.4 is 18.9 Å². The Bertz CT molecular complexity index is 1890. The van der Waals surface area contributed by atoms with Crippen LogP contribution in [0.4, 0.5) is 28.4 Å². The highest BCUT2D eigenvalue weighted by atomic mass is 32.2. The van der Waals surface area contributed by atoms with Gasteiger partial charge in [-0.05, 0) is 84.9 Å². The molecule has 43 heavy (non-hydrogen) atoms. The SMILES string of the molecule is COc1ccc(N=Nc2ccc3c(c2)SC(=CC=Cc2sc4cc(N=Nc5ccc(OC)cc5)ccc4[n+]2C)N3C)cc1. The van der Waals surface area contributed by atoms with E-state index >= 15 is 0 Å². The van der Waals surface area contributed by atoms with Gasteiger partial charge in [-0.1, -0.05) is 29.2 Å². The fourth-order valence-corrected chi connectivity index (χ4v) is 6.67. The molecule has 4 aromatic carbocycles. The van der Waals surface area contributed by atoms with Gasteiger partial charge in [0.25, 0.3) is 5.01 Å². The van der Waals surface area contributed by atoms with Crippen LogP contribution in [0.5, 0.6) is 11.5 Å². The maximum atomic E-state index is 5.21. The Morgan fingerprint density at radius 1 is 0.721 bits per heavy atom. The van der Waals surface area contributed by atoms with E-state index in [1.54, 1.807) is 37.3 Å². The van der Waals surface area contributed by atoms with Gasteiger partial charge in [0.2, 0.25) is 5.52 Å². The van der Waals surface area contributed by atoms with Gasteiger partial charge < -0.3 is 14.4 Å². The second-order valence-corrected chi connectivity index (χ2v) is 11.7. The summed E-state index contributed by atoms with van der Waals surface area (Å²) in [6.07, 6.45) is 6.38. The number of thioether (sulfide) groups is 1. The van der Waals surface area contributed by atoms with Crippen LogP contribution in [0.2, 0.25) is 0 Å². The van der Waals surface area contributed by atoms with E-state index in [0.29, 0.717) is 0 Å². The van der Waals surface area contributed by atoms with Crippen LogP contribution in [0.15, 0.2) is 127 Å². The van der Waals surface area contributed by atoms with Crippen LogP contribution in [0.25, 0.3) is 16.3 Å². The van der Waals surface area contributed by atoms with Crippen molar-refractivity contribution < 1.29 is 14.0 Å². The summed E-state index contributed by atoms with van der Waals surface area (Å²) in [5.41, 5.74) is 5.48. The summed E-state index contributed by atoms with van der Waals surface area (Å²) in [4.78, 5) is 3.34. The van der Waals surface area contributed by atoms with Crippen LogP contribution in [0, 0.1) is 0 Å². The Balaban J connectivity index is 1.14.